The van der Waals surface area contributed by atoms with Crippen LogP contribution in [0.3, 0.4) is 0 Å². The molecule has 3 heterocycles. The van der Waals surface area contributed by atoms with Gasteiger partial charge in [0.2, 0.25) is 5.91 Å². The minimum absolute atomic E-state index is 0.00163. The second-order valence-corrected chi connectivity index (χ2v) is 9.87. The number of aromatic nitrogens is 2. The first-order chi connectivity index (χ1) is 15.9. The molecule has 11 heteroatoms. The molecule has 2 amide bonds. The van der Waals surface area contributed by atoms with E-state index in [1.54, 1.807) is 27.0 Å². The number of fused-ring (bicyclic) bond motifs is 1. The fourth-order valence-electron chi connectivity index (χ4n) is 4.98. The maximum Gasteiger partial charge on any atom is 0.408 e. The van der Waals surface area contributed by atoms with Gasteiger partial charge in [-0.25, -0.2) is 13.6 Å². The first kappa shape index (κ1) is 24.1. The summed E-state index contributed by atoms with van der Waals surface area (Å²) in [7, 11) is 0. The molecule has 2 aliphatic heterocycles. The van der Waals surface area contributed by atoms with E-state index in [1.807, 2.05) is 0 Å². The SMILES string of the molecule is CC(C)(C)N(C(=O)O)[C@H]1C[C@@H](N2Cc3cn(CC(N)=O)nc3C2)CO[C@@H]1c1cc(F)ccc1F. The third-order valence-corrected chi connectivity index (χ3v) is 6.34. The zero-order chi connectivity index (χ0) is 24.8. The Morgan fingerprint density at radius 3 is 2.65 bits per heavy atom. The number of nitrogens with zero attached hydrogens (tertiary/aromatic N) is 4. The van der Waals surface area contributed by atoms with Crippen LogP contribution in [0, 0.1) is 11.6 Å². The highest BCUT2D eigenvalue weighted by Gasteiger charge is 2.45. The average Bonchev–Trinajstić information content (AvgIpc) is 3.26. The number of benzene rings is 1. The van der Waals surface area contributed by atoms with Gasteiger partial charge < -0.3 is 15.6 Å². The van der Waals surface area contributed by atoms with E-state index in [0.717, 1.165) is 29.5 Å². The molecule has 1 aromatic heterocycles. The standard InChI is InChI=1S/C23H29F2N5O4/c1-23(2,3)30(22(32)33)19-7-15(12-34-21(19)16-6-14(24)4-5-17(16)25)28-8-13-9-29(11-20(26)31)27-18(13)10-28/h4-6,9,15,19,21H,7-8,10-12H2,1-3H3,(H2,26,31)(H,32,33)/t15-,19+,21-/m1/s1. The lowest BCUT2D eigenvalue weighted by atomic mass is 9.88. The molecule has 2 aliphatic rings. The number of halogens is 2. The largest absolute Gasteiger partial charge is 0.465 e. The predicted molar refractivity (Wildman–Crippen MR) is 118 cm³/mol. The molecule has 0 radical (unpaired) electrons. The smallest absolute Gasteiger partial charge is 0.408 e. The molecule has 4 rings (SSSR count). The van der Waals surface area contributed by atoms with E-state index in [4.69, 9.17) is 10.5 Å². The zero-order valence-corrected chi connectivity index (χ0v) is 19.4. The van der Waals surface area contributed by atoms with Gasteiger partial charge in [0.25, 0.3) is 0 Å². The van der Waals surface area contributed by atoms with Gasteiger partial charge >= 0.3 is 6.09 Å². The molecule has 1 saturated heterocycles. The molecule has 2 aromatic rings. The summed E-state index contributed by atoms with van der Waals surface area (Å²) in [6.45, 7) is 6.56. The lowest BCUT2D eigenvalue weighted by molar-refractivity contribution is -0.118. The highest BCUT2D eigenvalue weighted by molar-refractivity contribution is 5.73. The van der Waals surface area contributed by atoms with E-state index in [2.05, 4.69) is 10.00 Å². The molecule has 0 aliphatic carbocycles. The van der Waals surface area contributed by atoms with Crippen LogP contribution in [0.4, 0.5) is 13.6 Å². The lowest BCUT2D eigenvalue weighted by Gasteiger charge is -2.48. The Hall–Kier alpha value is -3.05. The first-order valence-corrected chi connectivity index (χ1v) is 11.1. The maximum atomic E-state index is 14.7. The summed E-state index contributed by atoms with van der Waals surface area (Å²) in [6.07, 6.45) is 0.0451. The number of carbonyl (C=O) groups excluding carboxylic acids is 1. The third-order valence-electron chi connectivity index (χ3n) is 6.34. The number of primary amides is 1. The predicted octanol–water partition coefficient (Wildman–Crippen LogP) is 2.64. The van der Waals surface area contributed by atoms with E-state index in [9.17, 15) is 23.5 Å². The monoisotopic (exact) mass is 477 g/mol. The molecule has 3 N–H and O–H groups in total. The number of ether oxygens (including phenoxy) is 1. The average molecular weight is 478 g/mol. The number of carboxylic acid groups (broad SMARTS) is 1. The van der Waals surface area contributed by atoms with Crippen LogP contribution in [0.2, 0.25) is 0 Å². The fraction of sp³-hybridized carbons (Fsp3) is 0.522. The van der Waals surface area contributed by atoms with Crippen molar-refractivity contribution in [1.82, 2.24) is 19.6 Å². The van der Waals surface area contributed by atoms with Gasteiger partial charge in [-0.05, 0) is 45.4 Å². The van der Waals surface area contributed by atoms with Crippen molar-refractivity contribution >= 4 is 12.0 Å². The van der Waals surface area contributed by atoms with Gasteiger partial charge in [0.05, 0.1) is 18.3 Å². The van der Waals surface area contributed by atoms with Crippen molar-refractivity contribution in [1.29, 1.82) is 0 Å². The highest BCUT2D eigenvalue weighted by Crippen LogP contribution is 2.39. The third kappa shape index (κ3) is 4.76. The van der Waals surface area contributed by atoms with Crippen LogP contribution in [0.25, 0.3) is 0 Å². The number of hydrogen-bond acceptors (Lipinski definition) is 5. The maximum absolute atomic E-state index is 14.7. The number of rotatable bonds is 5. The van der Waals surface area contributed by atoms with Crippen LogP contribution in [0.5, 0.6) is 0 Å². The topological polar surface area (TPSA) is 114 Å². The van der Waals surface area contributed by atoms with Crippen molar-refractivity contribution in [3.05, 3.63) is 52.9 Å². The van der Waals surface area contributed by atoms with Crippen LogP contribution in [-0.4, -0.2) is 60.9 Å². The minimum Gasteiger partial charge on any atom is -0.465 e. The summed E-state index contributed by atoms with van der Waals surface area (Å²) in [5.41, 5.74) is 6.23. The van der Waals surface area contributed by atoms with Gasteiger partial charge in [-0.15, -0.1) is 0 Å². The van der Waals surface area contributed by atoms with Gasteiger partial charge in [-0.1, -0.05) is 0 Å². The van der Waals surface area contributed by atoms with Gasteiger partial charge in [0, 0.05) is 42.0 Å². The fourth-order valence-corrected chi connectivity index (χ4v) is 4.98. The Kier molecular flexibility index (Phi) is 6.34. The van der Waals surface area contributed by atoms with Gasteiger partial charge in [-0.3, -0.25) is 19.3 Å². The summed E-state index contributed by atoms with van der Waals surface area (Å²) in [6, 6.07) is 2.22. The van der Waals surface area contributed by atoms with Gasteiger partial charge in [0.1, 0.15) is 24.3 Å². The quantitative estimate of drug-likeness (QED) is 0.685. The second-order valence-electron chi connectivity index (χ2n) is 9.87. The normalized spacial score (nSPS) is 23.0. The van der Waals surface area contributed by atoms with Crippen molar-refractivity contribution in [3.63, 3.8) is 0 Å². The van der Waals surface area contributed by atoms with Gasteiger partial charge in [-0.2, -0.15) is 5.10 Å². The Bertz CT molecular complexity index is 1080. The van der Waals surface area contributed by atoms with Crippen LogP contribution < -0.4 is 5.73 Å². The lowest BCUT2D eigenvalue weighted by Crippen LogP contribution is -2.58. The van der Waals surface area contributed by atoms with Crippen molar-refractivity contribution < 1.29 is 28.2 Å². The van der Waals surface area contributed by atoms with Crippen LogP contribution in [0.1, 0.15) is 50.1 Å². The number of carbonyl (C=O) groups is 2. The molecule has 0 unspecified atom stereocenters. The molecule has 3 atom stereocenters. The van der Waals surface area contributed by atoms with Crippen LogP contribution in [-0.2, 0) is 29.2 Å². The summed E-state index contributed by atoms with van der Waals surface area (Å²) in [5, 5.41) is 14.5. The second kappa shape index (κ2) is 8.95. The number of hydrogen-bond donors (Lipinski definition) is 2. The van der Waals surface area contributed by atoms with Crippen LogP contribution in [0.15, 0.2) is 24.4 Å². The minimum atomic E-state index is -1.16. The molecule has 0 bridgehead atoms. The van der Waals surface area contributed by atoms with Crippen molar-refractivity contribution in [2.24, 2.45) is 5.73 Å². The van der Waals surface area contributed by atoms with Crippen molar-refractivity contribution in [2.45, 2.75) is 70.6 Å². The molecule has 34 heavy (non-hydrogen) atoms. The summed E-state index contributed by atoms with van der Waals surface area (Å²) in [4.78, 5) is 26.9. The van der Waals surface area contributed by atoms with E-state index >= 15 is 0 Å². The molecular weight excluding hydrogens is 448 g/mol. The molecule has 0 saturated carbocycles. The van der Waals surface area contributed by atoms with Crippen molar-refractivity contribution in [2.75, 3.05) is 6.61 Å². The van der Waals surface area contributed by atoms with Crippen molar-refractivity contribution in [3.8, 4) is 0 Å². The molecule has 184 valence electrons. The number of nitrogens with two attached hydrogens (primary N) is 1. The Balaban J connectivity index is 1.60. The van der Waals surface area contributed by atoms with E-state index in [1.165, 1.54) is 9.58 Å². The molecule has 1 aromatic carbocycles. The molecule has 1 fully saturated rings. The molecular formula is C23H29F2N5O4. The zero-order valence-electron chi connectivity index (χ0n) is 19.4. The molecule has 9 nitrogen and oxygen atoms in total. The summed E-state index contributed by atoms with van der Waals surface area (Å²) in [5.74, 6) is -1.73. The van der Waals surface area contributed by atoms with Crippen LogP contribution >= 0.6 is 0 Å². The first-order valence-electron chi connectivity index (χ1n) is 11.1. The van der Waals surface area contributed by atoms with E-state index < -0.39 is 41.3 Å². The highest BCUT2D eigenvalue weighted by atomic mass is 19.1. The summed E-state index contributed by atoms with van der Waals surface area (Å²) < 4.78 is 36.2. The summed E-state index contributed by atoms with van der Waals surface area (Å²) >= 11 is 0. The van der Waals surface area contributed by atoms with E-state index in [0.29, 0.717) is 19.5 Å². The Morgan fingerprint density at radius 2 is 2.03 bits per heavy atom. The molecule has 0 spiro atoms. The number of amides is 2. The Morgan fingerprint density at radius 1 is 1.29 bits per heavy atom. The Labute approximate surface area is 196 Å². The van der Waals surface area contributed by atoms with Gasteiger partial charge in [0.15, 0.2) is 0 Å². The van der Waals surface area contributed by atoms with E-state index in [-0.39, 0.29) is 24.8 Å².